The highest BCUT2D eigenvalue weighted by atomic mass is 32.2. The summed E-state index contributed by atoms with van der Waals surface area (Å²) in [5.41, 5.74) is 0. The molecule has 0 N–H and O–H groups in total. The summed E-state index contributed by atoms with van der Waals surface area (Å²) in [6.07, 6.45) is 6.12. The van der Waals surface area contributed by atoms with Crippen molar-refractivity contribution < 1.29 is 9.53 Å². The molecule has 0 aromatic carbocycles. The number of anilines is 1. The number of ether oxygens (including phenoxy) is 1. The Kier molecular flexibility index (Phi) is 4.14. The van der Waals surface area contributed by atoms with Crippen molar-refractivity contribution in [2.24, 2.45) is 0 Å². The van der Waals surface area contributed by atoms with Gasteiger partial charge in [0.15, 0.2) is 5.16 Å². The summed E-state index contributed by atoms with van der Waals surface area (Å²) < 4.78 is 6.90. The Morgan fingerprint density at radius 2 is 2.05 bits per heavy atom. The fourth-order valence-corrected chi connectivity index (χ4v) is 3.35. The van der Waals surface area contributed by atoms with Crippen molar-refractivity contribution >= 4 is 23.7 Å². The molecule has 1 saturated heterocycles. The molecule has 0 amide bonds. The molecule has 0 bridgehead atoms. The summed E-state index contributed by atoms with van der Waals surface area (Å²) >= 11 is 1.42. The van der Waals surface area contributed by atoms with Gasteiger partial charge in [-0.1, -0.05) is 11.8 Å². The molecule has 7 heteroatoms. The first-order chi connectivity index (χ1) is 9.79. The third-order valence-corrected chi connectivity index (χ3v) is 4.66. The van der Waals surface area contributed by atoms with Crippen molar-refractivity contribution in [3.8, 4) is 0 Å². The summed E-state index contributed by atoms with van der Waals surface area (Å²) in [5, 5.41) is 9.50. The Morgan fingerprint density at radius 1 is 1.30 bits per heavy atom. The van der Waals surface area contributed by atoms with Gasteiger partial charge in [-0.15, -0.1) is 10.2 Å². The van der Waals surface area contributed by atoms with Crippen molar-refractivity contribution in [1.82, 2.24) is 14.8 Å². The number of nitrogens with zero attached hydrogens (tertiary/aromatic N) is 4. The average Bonchev–Trinajstić information content (AvgIpc) is 3.25. The van der Waals surface area contributed by atoms with Gasteiger partial charge >= 0.3 is 5.97 Å². The van der Waals surface area contributed by atoms with Crippen molar-refractivity contribution in [2.75, 3.05) is 30.9 Å². The van der Waals surface area contributed by atoms with E-state index in [1.807, 2.05) is 0 Å². The van der Waals surface area contributed by atoms with E-state index in [0.29, 0.717) is 11.8 Å². The number of carbonyl (C=O) groups excluding carboxylic acids is 1. The average molecular weight is 296 g/mol. The Bertz CT molecular complexity index is 481. The number of esters is 1. The quantitative estimate of drug-likeness (QED) is 0.610. The van der Waals surface area contributed by atoms with Crippen LogP contribution in [0.3, 0.4) is 0 Å². The number of carbonyl (C=O) groups is 1. The van der Waals surface area contributed by atoms with Gasteiger partial charge in [-0.05, 0) is 32.1 Å². The van der Waals surface area contributed by atoms with Crippen molar-refractivity contribution in [2.45, 2.75) is 43.3 Å². The third kappa shape index (κ3) is 2.92. The van der Waals surface area contributed by atoms with E-state index in [1.165, 1.54) is 51.0 Å². The molecule has 1 aliphatic heterocycles. The van der Waals surface area contributed by atoms with Gasteiger partial charge in [0.05, 0.1) is 12.9 Å². The van der Waals surface area contributed by atoms with Crippen molar-refractivity contribution in [3.63, 3.8) is 0 Å². The lowest BCUT2D eigenvalue weighted by Gasteiger charge is -2.27. The Hall–Kier alpha value is -1.24. The maximum Gasteiger partial charge on any atom is 0.316 e. The molecule has 110 valence electrons. The van der Waals surface area contributed by atoms with E-state index in [2.05, 4.69) is 24.4 Å². The first-order valence-corrected chi connectivity index (χ1v) is 8.17. The maximum atomic E-state index is 11.3. The highest BCUT2D eigenvalue weighted by Crippen LogP contribution is 2.41. The highest BCUT2D eigenvalue weighted by molar-refractivity contribution is 7.99. The van der Waals surface area contributed by atoms with Gasteiger partial charge in [0.2, 0.25) is 5.95 Å². The SMILES string of the molecule is COC(=O)CSc1nnc(N2CCCCC2)n1C1CC1. The lowest BCUT2D eigenvalue weighted by Crippen LogP contribution is -2.31. The zero-order chi connectivity index (χ0) is 13.9. The second kappa shape index (κ2) is 6.03. The number of hydrogen-bond acceptors (Lipinski definition) is 6. The van der Waals surface area contributed by atoms with Crippen molar-refractivity contribution in [3.05, 3.63) is 0 Å². The van der Waals surface area contributed by atoms with Crippen LogP contribution in [0.5, 0.6) is 0 Å². The Morgan fingerprint density at radius 3 is 2.70 bits per heavy atom. The van der Waals surface area contributed by atoms with Crippen LogP contribution >= 0.6 is 11.8 Å². The van der Waals surface area contributed by atoms with Crippen LogP contribution < -0.4 is 4.90 Å². The van der Waals surface area contributed by atoms with Crippen molar-refractivity contribution in [1.29, 1.82) is 0 Å². The van der Waals surface area contributed by atoms with Crippen LogP contribution in [0.1, 0.15) is 38.1 Å². The highest BCUT2D eigenvalue weighted by Gasteiger charge is 2.32. The van der Waals surface area contributed by atoms with Crippen LogP contribution in [0.15, 0.2) is 5.16 Å². The Labute approximate surface area is 122 Å². The number of piperidine rings is 1. The fraction of sp³-hybridized carbons (Fsp3) is 0.769. The summed E-state index contributed by atoms with van der Waals surface area (Å²) in [4.78, 5) is 13.6. The molecule has 3 rings (SSSR count). The third-order valence-electron chi connectivity index (χ3n) is 3.74. The molecule has 6 nitrogen and oxygen atoms in total. The van der Waals surface area contributed by atoms with Crippen LogP contribution in [0.25, 0.3) is 0 Å². The predicted octanol–water partition coefficient (Wildman–Crippen LogP) is 1.87. The summed E-state index contributed by atoms with van der Waals surface area (Å²) in [7, 11) is 1.41. The first-order valence-electron chi connectivity index (χ1n) is 7.19. The van der Waals surface area contributed by atoms with Gasteiger partial charge in [-0.2, -0.15) is 0 Å². The molecule has 1 aromatic rings. The Balaban J connectivity index is 1.76. The molecule has 2 aliphatic rings. The number of hydrogen-bond donors (Lipinski definition) is 0. The number of thioether (sulfide) groups is 1. The molecule has 0 radical (unpaired) electrons. The molecular weight excluding hydrogens is 276 g/mol. The van der Waals surface area contributed by atoms with Gasteiger partial charge in [-0.25, -0.2) is 0 Å². The molecule has 0 unspecified atom stereocenters. The molecule has 1 saturated carbocycles. The summed E-state index contributed by atoms with van der Waals surface area (Å²) in [6, 6.07) is 0.516. The first kappa shape index (κ1) is 13.7. The van der Waals surface area contributed by atoms with Crippen LogP contribution in [0, 0.1) is 0 Å². The molecule has 20 heavy (non-hydrogen) atoms. The van der Waals surface area contributed by atoms with E-state index in [4.69, 9.17) is 0 Å². The molecule has 0 spiro atoms. The lowest BCUT2D eigenvalue weighted by atomic mass is 10.1. The van der Waals surface area contributed by atoms with Crippen LogP contribution in [0.4, 0.5) is 5.95 Å². The zero-order valence-electron chi connectivity index (χ0n) is 11.7. The van der Waals surface area contributed by atoms with Crippen LogP contribution in [-0.2, 0) is 9.53 Å². The fourth-order valence-electron chi connectivity index (χ4n) is 2.51. The second-order valence-corrected chi connectivity index (χ2v) is 6.24. The molecule has 1 aliphatic carbocycles. The van der Waals surface area contributed by atoms with Crippen LogP contribution in [-0.4, -0.2) is 46.7 Å². The van der Waals surface area contributed by atoms with E-state index in [-0.39, 0.29) is 5.97 Å². The van der Waals surface area contributed by atoms with E-state index in [9.17, 15) is 4.79 Å². The van der Waals surface area contributed by atoms with Gasteiger partial charge in [0, 0.05) is 19.1 Å². The molecule has 1 aromatic heterocycles. The van der Waals surface area contributed by atoms with E-state index < -0.39 is 0 Å². The number of rotatable bonds is 5. The monoisotopic (exact) mass is 296 g/mol. The van der Waals surface area contributed by atoms with Gasteiger partial charge in [-0.3, -0.25) is 9.36 Å². The summed E-state index contributed by atoms with van der Waals surface area (Å²) in [6.45, 7) is 2.12. The normalized spacial score (nSPS) is 19.1. The molecule has 0 atom stereocenters. The van der Waals surface area contributed by atoms with E-state index >= 15 is 0 Å². The topological polar surface area (TPSA) is 60.2 Å². The number of methoxy groups -OCH3 is 1. The minimum absolute atomic E-state index is 0.222. The largest absolute Gasteiger partial charge is 0.468 e. The molecule has 2 fully saturated rings. The maximum absolute atomic E-state index is 11.3. The number of aromatic nitrogens is 3. The van der Waals surface area contributed by atoms with Gasteiger partial charge in [0.25, 0.3) is 0 Å². The van der Waals surface area contributed by atoms with Crippen LogP contribution in [0.2, 0.25) is 0 Å². The smallest absolute Gasteiger partial charge is 0.316 e. The molecule has 2 heterocycles. The minimum Gasteiger partial charge on any atom is -0.468 e. The van der Waals surface area contributed by atoms with Gasteiger partial charge in [0.1, 0.15) is 0 Å². The standard InChI is InChI=1S/C13H20N4O2S/c1-19-11(18)9-20-13-15-14-12(17(13)10-5-6-10)16-7-3-2-4-8-16/h10H,2-9H2,1H3. The predicted molar refractivity (Wildman–Crippen MR) is 77.1 cm³/mol. The zero-order valence-corrected chi connectivity index (χ0v) is 12.6. The van der Waals surface area contributed by atoms with Gasteiger partial charge < -0.3 is 9.64 Å². The second-order valence-electron chi connectivity index (χ2n) is 5.30. The lowest BCUT2D eigenvalue weighted by molar-refractivity contribution is -0.137. The minimum atomic E-state index is -0.222. The molecular formula is C13H20N4O2S. The summed E-state index contributed by atoms with van der Waals surface area (Å²) in [5.74, 6) is 1.06. The van der Waals surface area contributed by atoms with E-state index in [1.54, 1.807) is 0 Å². The van der Waals surface area contributed by atoms with E-state index in [0.717, 1.165) is 24.2 Å².